The number of anilines is 1. The topological polar surface area (TPSA) is 63.4 Å². The largest absolute Gasteiger partial charge is 0.396 e. The molecular formula is C21H26N4OS. The van der Waals surface area contributed by atoms with Crippen LogP contribution in [0.3, 0.4) is 0 Å². The molecule has 27 heavy (non-hydrogen) atoms. The molecule has 6 heteroatoms. The van der Waals surface area contributed by atoms with E-state index in [4.69, 9.17) is 4.98 Å². The number of piperazine rings is 1. The van der Waals surface area contributed by atoms with Crippen LogP contribution in [-0.4, -0.2) is 47.3 Å². The molecule has 1 N–H and O–H groups in total. The van der Waals surface area contributed by atoms with E-state index in [0.29, 0.717) is 5.56 Å². The maximum atomic E-state index is 9.68. The van der Waals surface area contributed by atoms with Gasteiger partial charge in [-0.2, -0.15) is 16.6 Å². The van der Waals surface area contributed by atoms with Gasteiger partial charge in [-0.25, -0.2) is 4.98 Å². The summed E-state index contributed by atoms with van der Waals surface area (Å²) in [6, 6.07) is 6.88. The normalized spacial score (nSPS) is 20.3. The molecule has 0 aromatic carbocycles. The highest BCUT2D eigenvalue weighted by Crippen LogP contribution is 2.29. The van der Waals surface area contributed by atoms with Crippen molar-refractivity contribution in [1.29, 1.82) is 5.26 Å². The summed E-state index contributed by atoms with van der Waals surface area (Å²) < 4.78 is 0. The van der Waals surface area contributed by atoms with Crippen molar-refractivity contribution in [2.45, 2.75) is 44.7 Å². The smallest absolute Gasteiger partial charge is 0.146 e. The highest BCUT2D eigenvalue weighted by Gasteiger charge is 2.29. The minimum atomic E-state index is 0.182. The second kappa shape index (κ2) is 8.39. The Kier molecular flexibility index (Phi) is 5.72. The molecule has 1 atom stereocenters. The number of aromatic nitrogens is 1. The third kappa shape index (κ3) is 4.01. The number of rotatable bonds is 5. The molecule has 0 bridgehead atoms. The van der Waals surface area contributed by atoms with E-state index in [0.717, 1.165) is 51.3 Å². The van der Waals surface area contributed by atoms with E-state index in [1.165, 1.54) is 29.7 Å². The lowest BCUT2D eigenvalue weighted by atomic mass is 9.94. The molecule has 0 saturated carbocycles. The van der Waals surface area contributed by atoms with Crippen molar-refractivity contribution in [1.82, 2.24) is 9.88 Å². The number of pyridine rings is 1. The molecule has 0 spiro atoms. The van der Waals surface area contributed by atoms with Gasteiger partial charge in [0.15, 0.2) is 0 Å². The fraction of sp³-hybridized carbons (Fsp3) is 0.524. The standard InChI is InChI=1S/C21H26N4OS/c22-12-18-11-17-3-1-2-4-20(17)23-21(18)25-8-7-24(19(14-25)5-9-26)13-16-6-10-27-15-16/h6,10-11,15,19,26H,1-5,7-9,13-14H2/t19-/m1/s1. The number of hydrogen-bond donors (Lipinski definition) is 1. The molecule has 0 radical (unpaired) electrons. The van der Waals surface area contributed by atoms with Gasteiger partial charge in [0.05, 0.1) is 5.56 Å². The average Bonchev–Trinajstić information content (AvgIpc) is 3.21. The van der Waals surface area contributed by atoms with Crippen molar-refractivity contribution in [2.24, 2.45) is 0 Å². The Bertz CT molecular complexity index is 814. The van der Waals surface area contributed by atoms with E-state index < -0.39 is 0 Å². The molecule has 2 aromatic heterocycles. The Morgan fingerprint density at radius 2 is 2.19 bits per heavy atom. The van der Waals surface area contributed by atoms with Gasteiger partial charge in [0.1, 0.15) is 11.9 Å². The van der Waals surface area contributed by atoms with Crippen LogP contribution in [0.5, 0.6) is 0 Å². The Balaban J connectivity index is 1.55. The molecule has 4 rings (SSSR count). The van der Waals surface area contributed by atoms with Crippen molar-refractivity contribution in [3.8, 4) is 6.07 Å². The molecule has 2 aromatic rings. The zero-order valence-corrected chi connectivity index (χ0v) is 16.4. The molecule has 1 aliphatic heterocycles. The number of aryl methyl sites for hydroxylation is 2. The lowest BCUT2D eigenvalue weighted by Gasteiger charge is -2.42. The first-order valence-electron chi connectivity index (χ1n) is 9.82. The zero-order valence-electron chi connectivity index (χ0n) is 15.6. The van der Waals surface area contributed by atoms with Gasteiger partial charge in [-0.05, 0) is 66.1 Å². The minimum Gasteiger partial charge on any atom is -0.396 e. The third-order valence-corrected chi connectivity index (χ3v) is 6.47. The van der Waals surface area contributed by atoms with Gasteiger partial charge in [0, 0.05) is 44.5 Å². The molecule has 1 fully saturated rings. The maximum Gasteiger partial charge on any atom is 0.146 e. The first kappa shape index (κ1) is 18.4. The zero-order chi connectivity index (χ0) is 18.6. The number of aliphatic hydroxyl groups is 1. The average molecular weight is 383 g/mol. The van der Waals surface area contributed by atoms with E-state index in [-0.39, 0.29) is 12.6 Å². The second-order valence-corrected chi connectivity index (χ2v) is 8.28. The molecule has 3 heterocycles. The van der Waals surface area contributed by atoms with Crippen molar-refractivity contribution in [3.63, 3.8) is 0 Å². The highest BCUT2D eigenvalue weighted by molar-refractivity contribution is 7.07. The lowest BCUT2D eigenvalue weighted by Crippen LogP contribution is -2.53. The molecule has 2 aliphatic rings. The fourth-order valence-corrected chi connectivity index (χ4v) is 4.94. The summed E-state index contributed by atoms with van der Waals surface area (Å²) in [6.07, 6.45) is 5.18. The van der Waals surface area contributed by atoms with Crippen molar-refractivity contribution >= 4 is 17.2 Å². The molecule has 1 saturated heterocycles. The number of aliphatic hydroxyl groups excluding tert-OH is 1. The summed E-state index contributed by atoms with van der Waals surface area (Å²) in [5.41, 5.74) is 4.46. The summed E-state index contributed by atoms with van der Waals surface area (Å²) in [7, 11) is 0. The van der Waals surface area contributed by atoms with Crippen molar-refractivity contribution in [3.05, 3.63) is 45.3 Å². The van der Waals surface area contributed by atoms with Gasteiger partial charge in [0.2, 0.25) is 0 Å². The van der Waals surface area contributed by atoms with Crippen molar-refractivity contribution in [2.75, 3.05) is 31.1 Å². The molecule has 142 valence electrons. The predicted octanol–water partition coefficient (Wildman–Crippen LogP) is 2.97. The van der Waals surface area contributed by atoms with Crippen LogP contribution in [0, 0.1) is 11.3 Å². The summed E-state index contributed by atoms with van der Waals surface area (Å²) in [4.78, 5) is 9.65. The van der Waals surface area contributed by atoms with E-state index in [9.17, 15) is 10.4 Å². The monoisotopic (exact) mass is 382 g/mol. The molecule has 5 nitrogen and oxygen atoms in total. The number of nitrogens with zero attached hydrogens (tertiary/aromatic N) is 4. The quantitative estimate of drug-likeness (QED) is 0.861. The van der Waals surface area contributed by atoms with Crippen LogP contribution in [0.25, 0.3) is 0 Å². The fourth-order valence-electron chi connectivity index (χ4n) is 4.28. The van der Waals surface area contributed by atoms with E-state index in [2.05, 4.69) is 38.8 Å². The van der Waals surface area contributed by atoms with E-state index in [1.54, 1.807) is 11.3 Å². The predicted molar refractivity (Wildman–Crippen MR) is 108 cm³/mol. The van der Waals surface area contributed by atoms with Crippen molar-refractivity contribution < 1.29 is 5.11 Å². The summed E-state index contributed by atoms with van der Waals surface area (Å²) in [6.45, 7) is 3.70. The Morgan fingerprint density at radius 3 is 2.96 bits per heavy atom. The van der Waals surface area contributed by atoms with Crippen LogP contribution in [0.15, 0.2) is 22.9 Å². The summed E-state index contributed by atoms with van der Waals surface area (Å²) >= 11 is 1.73. The molecule has 0 amide bonds. The number of hydrogen-bond acceptors (Lipinski definition) is 6. The molecular weight excluding hydrogens is 356 g/mol. The second-order valence-electron chi connectivity index (χ2n) is 7.50. The Morgan fingerprint density at radius 1 is 1.30 bits per heavy atom. The first-order valence-corrected chi connectivity index (χ1v) is 10.8. The molecule has 0 unspecified atom stereocenters. The van der Waals surface area contributed by atoms with Gasteiger partial charge < -0.3 is 10.0 Å². The number of thiophene rings is 1. The maximum absolute atomic E-state index is 9.68. The van der Waals surface area contributed by atoms with Crippen LogP contribution in [0.2, 0.25) is 0 Å². The highest BCUT2D eigenvalue weighted by atomic mass is 32.1. The van der Waals surface area contributed by atoms with Gasteiger partial charge in [0.25, 0.3) is 0 Å². The van der Waals surface area contributed by atoms with Gasteiger partial charge in [-0.3, -0.25) is 4.90 Å². The lowest BCUT2D eigenvalue weighted by molar-refractivity contribution is 0.135. The van der Waals surface area contributed by atoms with Gasteiger partial charge in [-0.15, -0.1) is 0 Å². The van der Waals surface area contributed by atoms with Gasteiger partial charge in [-0.1, -0.05) is 0 Å². The summed E-state index contributed by atoms with van der Waals surface area (Å²) in [5, 5.41) is 23.6. The minimum absolute atomic E-state index is 0.182. The number of fused-ring (bicyclic) bond motifs is 1. The third-order valence-electron chi connectivity index (χ3n) is 5.73. The Labute approximate surface area is 164 Å². The molecule has 1 aliphatic carbocycles. The van der Waals surface area contributed by atoms with E-state index in [1.807, 2.05) is 0 Å². The SMILES string of the molecule is N#Cc1cc2c(nc1N1CCN(Cc3ccsc3)[C@H](CCO)C1)CCCC2. The van der Waals surface area contributed by atoms with E-state index >= 15 is 0 Å². The number of nitriles is 1. The van der Waals surface area contributed by atoms with Crippen LogP contribution in [-0.2, 0) is 19.4 Å². The first-order chi connectivity index (χ1) is 13.3. The summed E-state index contributed by atoms with van der Waals surface area (Å²) in [5.74, 6) is 0.844. The van der Waals surface area contributed by atoms with Crippen LogP contribution >= 0.6 is 11.3 Å². The van der Waals surface area contributed by atoms with Crippen LogP contribution in [0.4, 0.5) is 5.82 Å². The van der Waals surface area contributed by atoms with Crippen LogP contribution < -0.4 is 4.90 Å². The van der Waals surface area contributed by atoms with Gasteiger partial charge >= 0.3 is 0 Å². The Hall–Kier alpha value is -1.94. The van der Waals surface area contributed by atoms with Crippen LogP contribution in [0.1, 0.15) is 41.6 Å².